The summed E-state index contributed by atoms with van der Waals surface area (Å²) in [6.45, 7) is 2.09. The van der Waals surface area contributed by atoms with Crippen LogP contribution >= 0.6 is 0 Å². The maximum atomic E-state index is 12.9. The van der Waals surface area contributed by atoms with Gasteiger partial charge in [0.25, 0.3) is 0 Å². The Morgan fingerprint density at radius 1 is 1.12 bits per heavy atom. The smallest absolute Gasteiger partial charge is 0.347 e. The summed E-state index contributed by atoms with van der Waals surface area (Å²) in [6.07, 6.45) is -2.31. The molecule has 12 heteroatoms. The number of sulfonamides is 1. The Bertz CT molecular complexity index is 1070. The second kappa shape index (κ2) is 6.83. The number of likely N-dealkylation sites (tertiary alicyclic amines) is 2. The molecule has 3 heterocycles. The quantitative estimate of drug-likeness (QED) is 0.697. The highest BCUT2D eigenvalue weighted by Crippen LogP contribution is 2.49. The standard InChI is InChI=1S/C20H23F3N4O4S/c21-20(22,23)13-2-1-3-15(6-13)32(30,31)25-14-7-18(8-14)9-26(10-18)17(29)27-11-19(12-27)5-4-16(28)24-19/h1-3,6,14,25H,4-5,7-12H2,(H,24,28). The highest BCUT2D eigenvalue weighted by Gasteiger charge is 2.57. The van der Waals surface area contributed by atoms with Crippen molar-refractivity contribution in [2.45, 2.75) is 48.3 Å². The van der Waals surface area contributed by atoms with Crippen molar-refractivity contribution in [2.75, 3.05) is 26.2 Å². The molecule has 1 saturated carbocycles. The van der Waals surface area contributed by atoms with Crippen molar-refractivity contribution in [1.82, 2.24) is 19.8 Å². The van der Waals surface area contributed by atoms with E-state index in [1.807, 2.05) is 0 Å². The topological polar surface area (TPSA) is 98.8 Å². The van der Waals surface area contributed by atoms with E-state index in [0.717, 1.165) is 24.6 Å². The Morgan fingerprint density at radius 2 is 1.78 bits per heavy atom. The minimum atomic E-state index is -4.62. The van der Waals surface area contributed by atoms with Gasteiger partial charge in [0.2, 0.25) is 15.9 Å². The number of alkyl halides is 3. The number of urea groups is 1. The van der Waals surface area contributed by atoms with E-state index in [0.29, 0.717) is 51.5 Å². The molecular weight excluding hydrogens is 449 g/mol. The van der Waals surface area contributed by atoms with E-state index in [4.69, 9.17) is 0 Å². The molecule has 32 heavy (non-hydrogen) atoms. The lowest BCUT2D eigenvalue weighted by molar-refractivity contribution is -0.137. The van der Waals surface area contributed by atoms with Crippen LogP contribution in [0.4, 0.5) is 18.0 Å². The summed E-state index contributed by atoms with van der Waals surface area (Å²) < 4.78 is 66.1. The number of benzene rings is 1. The molecule has 1 aromatic carbocycles. The van der Waals surface area contributed by atoms with Gasteiger partial charge < -0.3 is 15.1 Å². The molecule has 3 saturated heterocycles. The van der Waals surface area contributed by atoms with Crippen LogP contribution in [0.25, 0.3) is 0 Å². The number of halogens is 3. The average molecular weight is 472 g/mol. The van der Waals surface area contributed by atoms with Crippen molar-refractivity contribution >= 4 is 22.0 Å². The summed E-state index contributed by atoms with van der Waals surface area (Å²) in [4.78, 5) is 27.0. The van der Waals surface area contributed by atoms with Crippen LogP contribution < -0.4 is 10.0 Å². The molecule has 1 aliphatic carbocycles. The molecular formula is C20H23F3N4O4S. The Morgan fingerprint density at radius 3 is 2.38 bits per heavy atom. The van der Waals surface area contributed by atoms with Gasteiger partial charge in [0.1, 0.15) is 0 Å². The number of rotatable bonds is 3. The van der Waals surface area contributed by atoms with E-state index in [9.17, 15) is 31.2 Å². The van der Waals surface area contributed by atoms with E-state index < -0.39 is 26.7 Å². The minimum Gasteiger partial charge on any atom is -0.347 e. The van der Waals surface area contributed by atoms with Crippen LogP contribution in [-0.4, -0.2) is 67.9 Å². The predicted octanol–water partition coefficient (Wildman–Crippen LogP) is 1.53. The number of amides is 3. The fourth-order valence-corrected chi connectivity index (χ4v) is 6.66. The number of nitrogens with zero attached hydrogens (tertiary/aromatic N) is 2. The van der Waals surface area contributed by atoms with Gasteiger partial charge >= 0.3 is 12.2 Å². The van der Waals surface area contributed by atoms with Gasteiger partial charge in [-0.1, -0.05) is 6.07 Å². The van der Waals surface area contributed by atoms with Crippen molar-refractivity contribution in [3.8, 4) is 0 Å². The first-order valence-corrected chi connectivity index (χ1v) is 11.9. The summed E-state index contributed by atoms with van der Waals surface area (Å²) in [7, 11) is -4.07. The monoisotopic (exact) mass is 472 g/mol. The zero-order chi connectivity index (χ0) is 22.9. The van der Waals surface area contributed by atoms with Crippen LogP contribution in [0.5, 0.6) is 0 Å². The number of carbonyl (C=O) groups is 2. The Kier molecular flexibility index (Phi) is 4.59. The van der Waals surface area contributed by atoms with Gasteiger partial charge in [-0.25, -0.2) is 17.9 Å². The molecule has 3 amide bonds. The van der Waals surface area contributed by atoms with E-state index in [2.05, 4.69) is 10.0 Å². The minimum absolute atomic E-state index is 0.0214. The molecule has 4 aliphatic rings. The molecule has 0 unspecified atom stereocenters. The highest BCUT2D eigenvalue weighted by atomic mass is 32.2. The van der Waals surface area contributed by atoms with E-state index in [1.54, 1.807) is 9.80 Å². The van der Waals surface area contributed by atoms with E-state index in [-0.39, 0.29) is 28.9 Å². The third-order valence-corrected chi connectivity index (χ3v) is 8.49. The first-order chi connectivity index (χ1) is 14.9. The highest BCUT2D eigenvalue weighted by molar-refractivity contribution is 7.89. The third-order valence-electron chi connectivity index (χ3n) is 6.97. The Labute approximate surface area is 183 Å². The fourth-order valence-electron chi connectivity index (χ4n) is 5.38. The van der Waals surface area contributed by atoms with Crippen LogP contribution in [0.2, 0.25) is 0 Å². The molecule has 4 fully saturated rings. The maximum Gasteiger partial charge on any atom is 0.416 e. The number of nitrogens with one attached hydrogen (secondary N) is 2. The van der Waals surface area contributed by atoms with Gasteiger partial charge in [-0.05, 0) is 37.5 Å². The van der Waals surface area contributed by atoms with Crippen molar-refractivity contribution in [1.29, 1.82) is 0 Å². The van der Waals surface area contributed by atoms with E-state index in [1.165, 1.54) is 0 Å². The lowest BCUT2D eigenvalue weighted by Crippen LogP contribution is -2.74. The van der Waals surface area contributed by atoms with Crippen molar-refractivity contribution in [3.63, 3.8) is 0 Å². The lowest BCUT2D eigenvalue weighted by Gasteiger charge is -2.60. The predicted molar refractivity (Wildman–Crippen MR) is 106 cm³/mol. The number of carbonyl (C=O) groups excluding carboxylic acids is 2. The molecule has 0 radical (unpaired) electrons. The van der Waals surface area contributed by atoms with Gasteiger partial charge in [-0.2, -0.15) is 13.2 Å². The number of hydrogen-bond donors (Lipinski definition) is 2. The normalized spacial score (nSPS) is 24.2. The molecule has 174 valence electrons. The van der Waals surface area contributed by atoms with Crippen LogP contribution in [0.3, 0.4) is 0 Å². The molecule has 2 spiro atoms. The summed E-state index contributed by atoms with van der Waals surface area (Å²) in [6, 6.07) is 3.24. The molecule has 3 aliphatic heterocycles. The SMILES string of the molecule is O=C1CCC2(CN(C(=O)N3CC4(CC(NS(=O)(=O)c5cccc(C(F)(F)F)c5)C4)C3)C2)N1. The summed E-state index contributed by atoms with van der Waals surface area (Å²) in [5.74, 6) is 0.0214. The molecule has 0 aromatic heterocycles. The summed E-state index contributed by atoms with van der Waals surface area (Å²) in [5, 5.41) is 2.94. The van der Waals surface area contributed by atoms with Gasteiger partial charge in [0.15, 0.2) is 0 Å². The van der Waals surface area contributed by atoms with Crippen LogP contribution in [-0.2, 0) is 21.0 Å². The van der Waals surface area contributed by atoms with Gasteiger partial charge in [0.05, 0.1) is 16.0 Å². The van der Waals surface area contributed by atoms with Crippen molar-refractivity contribution in [3.05, 3.63) is 29.8 Å². The Balaban J connectivity index is 1.11. The molecule has 8 nitrogen and oxygen atoms in total. The van der Waals surface area contributed by atoms with Crippen molar-refractivity contribution in [2.24, 2.45) is 5.41 Å². The molecule has 2 N–H and O–H groups in total. The number of hydrogen-bond acceptors (Lipinski definition) is 4. The second-order valence-electron chi connectivity index (χ2n) is 9.58. The fraction of sp³-hybridized carbons (Fsp3) is 0.600. The van der Waals surface area contributed by atoms with Gasteiger partial charge in [0, 0.05) is 44.1 Å². The van der Waals surface area contributed by atoms with Crippen LogP contribution in [0.1, 0.15) is 31.2 Å². The van der Waals surface area contributed by atoms with E-state index >= 15 is 0 Å². The molecule has 0 atom stereocenters. The van der Waals surface area contributed by atoms with Gasteiger partial charge in [-0.3, -0.25) is 4.79 Å². The first-order valence-electron chi connectivity index (χ1n) is 10.4. The van der Waals surface area contributed by atoms with Crippen LogP contribution in [0, 0.1) is 5.41 Å². The van der Waals surface area contributed by atoms with Crippen molar-refractivity contribution < 1.29 is 31.2 Å². The Hall–Kier alpha value is -2.34. The second-order valence-corrected chi connectivity index (χ2v) is 11.3. The van der Waals surface area contributed by atoms with Gasteiger partial charge in [-0.15, -0.1) is 0 Å². The largest absolute Gasteiger partial charge is 0.416 e. The van der Waals surface area contributed by atoms with Crippen LogP contribution in [0.15, 0.2) is 29.2 Å². The third kappa shape index (κ3) is 3.62. The maximum absolute atomic E-state index is 12.9. The average Bonchev–Trinajstić information content (AvgIpc) is 3.02. The summed E-state index contributed by atoms with van der Waals surface area (Å²) >= 11 is 0. The molecule has 5 rings (SSSR count). The summed E-state index contributed by atoms with van der Waals surface area (Å²) in [5.41, 5.74) is -1.41. The first kappa shape index (κ1) is 21.5. The zero-order valence-electron chi connectivity index (χ0n) is 17.1. The lowest BCUT2D eigenvalue weighted by atomic mass is 9.61. The molecule has 0 bridgehead atoms. The zero-order valence-corrected chi connectivity index (χ0v) is 17.9. The molecule has 1 aromatic rings.